The van der Waals surface area contributed by atoms with Crippen LogP contribution in [-0.4, -0.2) is 11.7 Å². The smallest absolute Gasteiger partial charge is 0.138 e. The van der Waals surface area contributed by atoms with Gasteiger partial charge in [-0.1, -0.05) is 17.9 Å². The molecule has 3 heteroatoms. The van der Waals surface area contributed by atoms with Crippen LogP contribution in [0.3, 0.4) is 0 Å². The number of halogens is 1. The van der Waals surface area contributed by atoms with E-state index in [0.717, 1.165) is 5.56 Å². The van der Waals surface area contributed by atoms with Crippen LogP contribution in [0, 0.1) is 17.7 Å². The molecule has 13 heavy (non-hydrogen) atoms. The van der Waals surface area contributed by atoms with E-state index < -0.39 is 5.82 Å². The first-order valence-corrected chi connectivity index (χ1v) is 3.86. The van der Waals surface area contributed by atoms with Crippen molar-refractivity contribution in [3.63, 3.8) is 0 Å². The van der Waals surface area contributed by atoms with Gasteiger partial charge in [0.15, 0.2) is 0 Å². The molecule has 0 amide bonds. The number of hydrogen-bond donors (Lipinski definition) is 2. The molecule has 1 aromatic rings. The van der Waals surface area contributed by atoms with E-state index in [-0.39, 0.29) is 12.2 Å². The normalized spacial score (nSPS) is 9.15. The number of rotatable bonds is 1. The second kappa shape index (κ2) is 4.61. The number of aliphatic hydroxyl groups is 1. The highest BCUT2D eigenvalue weighted by atomic mass is 19.1. The first kappa shape index (κ1) is 9.72. The lowest BCUT2D eigenvalue weighted by atomic mass is 10.1. The van der Waals surface area contributed by atoms with Crippen LogP contribution in [0.15, 0.2) is 18.2 Å². The Labute approximate surface area is 76.2 Å². The summed E-state index contributed by atoms with van der Waals surface area (Å²) < 4.78 is 13.0. The van der Waals surface area contributed by atoms with Crippen molar-refractivity contribution in [1.29, 1.82) is 0 Å². The fraction of sp³-hybridized carbons (Fsp3) is 0.200. The molecule has 1 aromatic carbocycles. The van der Waals surface area contributed by atoms with Crippen LogP contribution in [0.25, 0.3) is 0 Å². The standard InChI is InChI=1S/C10H10FNO/c11-10-4-3-8(7-12)6-9(10)2-1-5-13/h3-4,6,13H,5,7,12H2. The van der Waals surface area contributed by atoms with Crippen LogP contribution in [0.4, 0.5) is 4.39 Å². The fourth-order valence-electron chi connectivity index (χ4n) is 0.930. The van der Waals surface area contributed by atoms with Gasteiger partial charge in [-0.3, -0.25) is 0 Å². The van der Waals surface area contributed by atoms with Crippen molar-refractivity contribution in [2.24, 2.45) is 5.73 Å². The summed E-state index contributed by atoms with van der Waals surface area (Å²) in [5.74, 6) is 4.50. The topological polar surface area (TPSA) is 46.2 Å². The molecule has 0 aromatic heterocycles. The Kier molecular flexibility index (Phi) is 3.44. The van der Waals surface area contributed by atoms with Gasteiger partial charge >= 0.3 is 0 Å². The third-order valence-corrected chi connectivity index (χ3v) is 1.57. The fourth-order valence-corrected chi connectivity index (χ4v) is 0.930. The lowest BCUT2D eigenvalue weighted by molar-refractivity contribution is 0.350. The Bertz CT molecular complexity index is 352. The lowest BCUT2D eigenvalue weighted by Gasteiger charge is -1.98. The van der Waals surface area contributed by atoms with Crippen LogP contribution in [-0.2, 0) is 6.54 Å². The van der Waals surface area contributed by atoms with E-state index in [1.165, 1.54) is 6.07 Å². The van der Waals surface area contributed by atoms with Crippen LogP contribution in [0.2, 0.25) is 0 Å². The van der Waals surface area contributed by atoms with Gasteiger partial charge in [0.05, 0.1) is 5.56 Å². The monoisotopic (exact) mass is 179 g/mol. The summed E-state index contributed by atoms with van der Waals surface area (Å²) in [7, 11) is 0. The van der Waals surface area contributed by atoms with Crippen molar-refractivity contribution < 1.29 is 9.50 Å². The molecule has 0 aliphatic carbocycles. The molecule has 0 saturated heterocycles. The quantitative estimate of drug-likeness (QED) is 0.621. The molecule has 0 bridgehead atoms. The van der Waals surface area contributed by atoms with Crippen molar-refractivity contribution in [3.05, 3.63) is 35.1 Å². The van der Waals surface area contributed by atoms with E-state index in [2.05, 4.69) is 11.8 Å². The maximum absolute atomic E-state index is 13.0. The maximum Gasteiger partial charge on any atom is 0.138 e. The zero-order chi connectivity index (χ0) is 9.68. The van der Waals surface area contributed by atoms with E-state index >= 15 is 0 Å². The SMILES string of the molecule is NCc1ccc(F)c(C#CCO)c1. The molecule has 0 spiro atoms. The van der Waals surface area contributed by atoms with Gasteiger partial charge in [0, 0.05) is 6.54 Å². The molecule has 3 N–H and O–H groups in total. The molecule has 68 valence electrons. The summed E-state index contributed by atoms with van der Waals surface area (Å²) in [6.07, 6.45) is 0. The van der Waals surface area contributed by atoms with Crippen molar-refractivity contribution in [3.8, 4) is 11.8 Å². The third kappa shape index (κ3) is 2.55. The molecule has 0 radical (unpaired) electrons. The van der Waals surface area contributed by atoms with Gasteiger partial charge < -0.3 is 10.8 Å². The Morgan fingerprint density at radius 3 is 2.85 bits per heavy atom. The highest BCUT2D eigenvalue weighted by Gasteiger charge is 1.99. The molecule has 0 atom stereocenters. The molecule has 2 nitrogen and oxygen atoms in total. The van der Waals surface area contributed by atoms with E-state index in [1.807, 2.05) is 0 Å². The maximum atomic E-state index is 13.0. The van der Waals surface area contributed by atoms with Crippen LogP contribution >= 0.6 is 0 Å². The third-order valence-electron chi connectivity index (χ3n) is 1.57. The zero-order valence-corrected chi connectivity index (χ0v) is 7.05. The average molecular weight is 179 g/mol. The van der Waals surface area contributed by atoms with E-state index in [9.17, 15) is 4.39 Å². The van der Waals surface area contributed by atoms with Crippen molar-refractivity contribution in [2.75, 3.05) is 6.61 Å². The van der Waals surface area contributed by atoms with E-state index in [4.69, 9.17) is 10.8 Å². The van der Waals surface area contributed by atoms with Crippen molar-refractivity contribution in [2.45, 2.75) is 6.54 Å². The van der Waals surface area contributed by atoms with Crippen LogP contribution < -0.4 is 5.73 Å². The van der Waals surface area contributed by atoms with Gasteiger partial charge in [0.25, 0.3) is 0 Å². The summed E-state index contributed by atoms with van der Waals surface area (Å²) in [6, 6.07) is 4.51. The van der Waals surface area contributed by atoms with Gasteiger partial charge in [0.1, 0.15) is 12.4 Å². The summed E-state index contributed by atoms with van der Waals surface area (Å²) in [5.41, 5.74) is 6.48. The largest absolute Gasteiger partial charge is 0.384 e. The average Bonchev–Trinajstić information content (AvgIpc) is 2.17. The summed E-state index contributed by atoms with van der Waals surface area (Å²) in [5, 5.41) is 8.42. The number of nitrogens with two attached hydrogens (primary N) is 1. The second-order valence-electron chi connectivity index (χ2n) is 2.48. The van der Waals surface area contributed by atoms with Gasteiger partial charge in [-0.25, -0.2) is 4.39 Å². The Balaban J connectivity index is 3.04. The minimum absolute atomic E-state index is 0.272. The number of hydrogen-bond acceptors (Lipinski definition) is 2. The highest BCUT2D eigenvalue weighted by molar-refractivity contribution is 5.38. The molecule has 0 saturated carbocycles. The predicted octanol–water partition coefficient (Wildman–Crippen LogP) is 0.628. The van der Waals surface area contributed by atoms with E-state index in [0.29, 0.717) is 6.54 Å². The molecule has 0 aliphatic heterocycles. The molecule has 1 rings (SSSR count). The molecule has 0 unspecified atom stereocenters. The lowest BCUT2D eigenvalue weighted by Crippen LogP contribution is -1.97. The van der Waals surface area contributed by atoms with Gasteiger partial charge in [-0.15, -0.1) is 0 Å². The number of aliphatic hydroxyl groups excluding tert-OH is 1. The Morgan fingerprint density at radius 2 is 2.23 bits per heavy atom. The Morgan fingerprint density at radius 1 is 1.46 bits per heavy atom. The van der Waals surface area contributed by atoms with Crippen molar-refractivity contribution >= 4 is 0 Å². The summed E-state index contributed by atoms with van der Waals surface area (Å²) in [6.45, 7) is 0.0837. The molecule has 0 heterocycles. The first-order chi connectivity index (χ1) is 6.27. The minimum Gasteiger partial charge on any atom is -0.384 e. The zero-order valence-electron chi connectivity index (χ0n) is 7.05. The van der Waals surface area contributed by atoms with Crippen LogP contribution in [0.5, 0.6) is 0 Å². The molecule has 0 fully saturated rings. The second-order valence-corrected chi connectivity index (χ2v) is 2.48. The Hall–Kier alpha value is -1.37. The van der Waals surface area contributed by atoms with Gasteiger partial charge in [-0.05, 0) is 17.7 Å². The number of benzene rings is 1. The van der Waals surface area contributed by atoms with E-state index in [1.54, 1.807) is 12.1 Å². The molecule has 0 aliphatic rings. The van der Waals surface area contributed by atoms with Gasteiger partial charge in [0.2, 0.25) is 0 Å². The molecular formula is C10H10FNO. The summed E-state index contributed by atoms with van der Waals surface area (Å²) >= 11 is 0. The summed E-state index contributed by atoms with van der Waals surface area (Å²) in [4.78, 5) is 0. The van der Waals surface area contributed by atoms with Crippen LogP contribution in [0.1, 0.15) is 11.1 Å². The van der Waals surface area contributed by atoms with Gasteiger partial charge in [-0.2, -0.15) is 0 Å². The van der Waals surface area contributed by atoms with Crippen molar-refractivity contribution in [1.82, 2.24) is 0 Å². The molecular weight excluding hydrogens is 169 g/mol. The highest BCUT2D eigenvalue weighted by Crippen LogP contribution is 2.08. The minimum atomic E-state index is -0.391. The first-order valence-electron chi connectivity index (χ1n) is 3.86. The predicted molar refractivity (Wildman–Crippen MR) is 48.3 cm³/mol.